The van der Waals surface area contributed by atoms with E-state index < -0.39 is 28.5 Å². The Morgan fingerprint density at radius 1 is 1.00 bits per heavy atom. The SMILES string of the molecule is CC[C@@H](C)NC(=O)[C@H](CC)N(Cc1ccc(C)cc1)C(=O)CN(c1ccc(Cl)cc1)S(C)(=O)=O. The molecule has 186 valence electrons. The third-order valence-corrected chi connectivity index (χ3v) is 7.05. The van der Waals surface area contributed by atoms with Gasteiger partial charge in [0.2, 0.25) is 21.8 Å². The molecule has 2 atom stereocenters. The highest BCUT2D eigenvalue weighted by atomic mass is 35.5. The number of benzene rings is 2. The van der Waals surface area contributed by atoms with E-state index in [-0.39, 0.29) is 18.5 Å². The van der Waals surface area contributed by atoms with Gasteiger partial charge in [-0.05, 0) is 56.5 Å². The van der Waals surface area contributed by atoms with Crippen LogP contribution in [-0.2, 0) is 26.2 Å². The molecule has 2 rings (SSSR count). The summed E-state index contributed by atoms with van der Waals surface area (Å²) in [5.41, 5.74) is 2.26. The lowest BCUT2D eigenvalue weighted by Gasteiger charge is -2.33. The number of halogens is 1. The molecule has 7 nitrogen and oxygen atoms in total. The molecule has 34 heavy (non-hydrogen) atoms. The van der Waals surface area contributed by atoms with E-state index in [1.807, 2.05) is 52.0 Å². The molecule has 0 bridgehead atoms. The van der Waals surface area contributed by atoms with Crippen molar-refractivity contribution in [1.82, 2.24) is 10.2 Å². The molecule has 0 radical (unpaired) electrons. The standard InChI is InChI=1S/C25H34ClN3O4S/c1-6-19(4)27-25(31)23(7-2)28(16-20-10-8-18(3)9-11-20)24(30)17-29(34(5,32)33)22-14-12-21(26)13-15-22/h8-15,19,23H,6-7,16-17H2,1-5H3,(H,27,31)/t19-,23+/m1/s1. The predicted molar refractivity (Wildman–Crippen MR) is 137 cm³/mol. The summed E-state index contributed by atoms with van der Waals surface area (Å²) in [6.45, 7) is 7.43. The molecule has 2 aromatic rings. The first-order valence-electron chi connectivity index (χ1n) is 11.3. The molecule has 0 saturated heterocycles. The maximum Gasteiger partial charge on any atom is 0.244 e. The first-order chi connectivity index (χ1) is 16.0. The number of nitrogens with one attached hydrogen (secondary N) is 1. The number of anilines is 1. The van der Waals surface area contributed by atoms with Crippen molar-refractivity contribution in [3.05, 3.63) is 64.7 Å². The highest BCUT2D eigenvalue weighted by molar-refractivity contribution is 7.92. The van der Waals surface area contributed by atoms with E-state index in [4.69, 9.17) is 11.6 Å². The summed E-state index contributed by atoms with van der Waals surface area (Å²) < 4.78 is 26.2. The molecular formula is C25H34ClN3O4S. The summed E-state index contributed by atoms with van der Waals surface area (Å²) in [6.07, 6.45) is 2.19. The number of hydrogen-bond donors (Lipinski definition) is 1. The number of hydrogen-bond acceptors (Lipinski definition) is 4. The molecule has 9 heteroatoms. The Morgan fingerprint density at radius 3 is 2.09 bits per heavy atom. The summed E-state index contributed by atoms with van der Waals surface area (Å²) in [7, 11) is -3.77. The fourth-order valence-electron chi connectivity index (χ4n) is 3.47. The van der Waals surface area contributed by atoms with Crippen molar-refractivity contribution in [3.8, 4) is 0 Å². The predicted octanol–water partition coefficient (Wildman–Crippen LogP) is 4.14. The van der Waals surface area contributed by atoms with Crippen molar-refractivity contribution < 1.29 is 18.0 Å². The van der Waals surface area contributed by atoms with E-state index in [9.17, 15) is 18.0 Å². The van der Waals surface area contributed by atoms with Gasteiger partial charge in [0.05, 0.1) is 11.9 Å². The van der Waals surface area contributed by atoms with Crippen LogP contribution in [0, 0.1) is 6.92 Å². The summed E-state index contributed by atoms with van der Waals surface area (Å²) in [5.74, 6) is -0.721. The molecule has 0 saturated carbocycles. The minimum absolute atomic E-state index is 0.0422. The van der Waals surface area contributed by atoms with Crippen LogP contribution in [0.25, 0.3) is 0 Å². The Kier molecular flexibility index (Phi) is 9.94. The summed E-state index contributed by atoms with van der Waals surface area (Å²) in [6, 6.07) is 13.1. The van der Waals surface area contributed by atoms with Crippen LogP contribution in [0.2, 0.25) is 5.02 Å². The summed E-state index contributed by atoms with van der Waals surface area (Å²) in [4.78, 5) is 28.1. The highest BCUT2D eigenvalue weighted by Gasteiger charge is 2.32. The van der Waals surface area contributed by atoms with Crippen molar-refractivity contribution >= 4 is 39.1 Å². The summed E-state index contributed by atoms with van der Waals surface area (Å²) >= 11 is 5.95. The third-order valence-electron chi connectivity index (χ3n) is 5.65. The molecule has 0 aliphatic heterocycles. The minimum Gasteiger partial charge on any atom is -0.352 e. The van der Waals surface area contributed by atoms with Crippen molar-refractivity contribution in [3.63, 3.8) is 0 Å². The molecule has 1 N–H and O–H groups in total. The van der Waals surface area contributed by atoms with Gasteiger partial charge in [-0.15, -0.1) is 0 Å². The molecule has 0 heterocycles. The van der Waals surface area contributed by atoms with Gasteiger partial charge in [0.25, 0.3) is 0 Å². The number of carbonyl (C=O) groups is 2. The number of aryl methyl sites for hydroxylation is 1. The zero-order chi connectivity index (χ0) is 25.5. The molecule has 0 aliphatic rings. The van der Waals surface area contributed by atoms with E-state index in [2.05, 4.69) is 5.32 Å². The first-order valence-corrected chi connectivity index (χ1v) is 13.6. The maximum absolute atomic E-state index is 13.6. The van der Waals surface area contributed by atoms with Crippen molar-refractivity contribution in [2.45, 2.75) is 59.2 Å². The van der Waals surface area contributed by atoms with Gasteiger partial charge in [0, 0.05) is 17.6 Å². The van der Waals surface area contributed by atoms with Crippen LogP contribution in [-0.4, -0.2) is 50.0 Å². The smallest absolute Gasteiger partial charge is 0.244 e. The van der Waals surface area contributed by atoms with Crippen LogP contribution in [0.15, 0.2) is 48.5 Å². The van der Waals surface area contributed by atoms with E-state index >= 15 is 0 Å². The molecule has 0 aliphatic carbocycles. The van der Waals surface area contributed by atoms with Gasteiger partial charge in [0.15, 0.2) is 0 Å². The van der Waals surface area contributed by atoms with Gasteiger partial charge in [-0.2, -0.15) is 0 Å². The molecule has 0 unspecified atom stereocenters. The average molecular weight is 508 g/mol. The Balaban J connectivity index is 2.41. The van der Waals surface area contributed by atoms with Gasteiger partial charge in [0.1, 0.15) is 12.6 Å². The number of carbonyl (C=O) groups excluding carboxylic acids is 2. The molecule has 0 spiro atoms. The minimum atomic E-state index is -3.77. The molecule has 0 aromatic heterocycles. The Hall–Kier alpha value is -2.58. The fraction of sp³-hybridized carbons (Fsp3) is 0.440. The second kappa shape index (κ2) is 12.2. The number of sulfonamides is 1. The first kappa shape index (κ1) is 27.7. The largest absolute Gasteiger partial charge is 0.352 e. The van der Waals surface area contributed by atoms with Crippen LogP contribution >= 0.6 is 11.6 Å². The van der Waals surface area contributed by atoms with E-state index in [0.717, 1.165) is 28.1 Å². The monoisotopic (exact) mass is 507 g/mol. The van der Waals surface area contributed by atoms with Gasteiger partial charge in [-0.25, -0.2) is 8.42 Å². The van der Waals surface area contributed by atoms with Gasteiger partial charge >= 0.3 is 0 Å². The van der Waals surface area contributed by atoms with E-state index in [0.29, 0.717) is 17.1 Å². The van der Waals surface area contributed by atoms with Crippen LogP contribution in [0.5, 0.6) is 0 Å². The number of rotatable bonds is 11. The Labute approximate surface area is 208 Å². The van der Waals surface area contributed by atoms with Crippen LogP contribution in [0.1, 0.15) is 44.7 Å². The fourth-order valence-corrected chi connectivity index (χ4v) is 4.45. The lowest BCUT2D eigenvalue weighted by Crippen LogP contribution is -2.53. The molecule has 2 amide bonds. The van der Waals surface area contributed by atoms with E-state index in [1.165, 1.54) is 4.90 Å². The second-order valence-electron chi connectivity index (χ2n) is 8.50. The maximum atomic E-state index is 13.6. The normalized spacial score (nSPS) is 13.1. The lowest BCUT2D eigenvalue weighted by molar-refractivity contribution is -0.140. The zero-order valence-electron chi connectivity index (χ0n) is 20.4. The second-order valence-corrected chi connectivity index (χ2v) is 10.8. The zero-order valence-corrected chi connectivity index (χ0v) is 22.0. The Bertz CT molecular complexity index is 1070. The van der Waals surface area contributed by atoms with Gasteiger partial charge < -0.3 is 10.2 Å². The van der Waals surface area contributed by atoms with Crippen LogP contribution < -0.4 is 9.62 Å². The van der Waals surface area contributed by atoms with Crippen molar-refractivity contribution in [1.29, 1.82) is 0 Å². The lowest BCUT2D eigenvalue weighted by atomic mass is 10.1. The molecule has 2 aromatic carbocycles. The van der Waals surface area contributed by atoms with Crippen LogP contribution in [0.4, 0.5) is 5.69 Å². The molecular weight excluding hydrogens is 474 g/mol. The Morgan fingerprint density at radius 2 is 1.59 bits per heavy atom. The average Bonchev–Trinajstić information content (AvgIpc) is 2.78. The topological polar surface area (TPSA) is 86.8 Å². The van der Waals surface area contributed by atoms with Crippen LogP contribution in [0.3, 0.4) is 0 Å². The number of amides is 2. The number of nitrogens with zero attached hydrogens (tertiary/aromatic N) is 2. The van der Waals surface area contributed by atoms with Crippen molar-refractivity contribution in [2.24, 2.45) is 0 Å². The quantitative estimate of drug-likeness (QED) is 0.495. The summed E-state index contributed by atoms with van der Waals surface area (Å²) in [5, 5.41) is 3.41. The van der Waals surface area contributed by atoms with Gasteiger partial charge in [-0.3, -0.25) is 13.9 Å². The van der Waals surface area contributed by atoms with Crippen molar-refractivity contribution in [2.75, 3.05) is 17.1 Å². The third kappa shape index (κ3) is 7.74. The van der Waals surface area contributed by atoms with E-state index in [1.54, 1.807) is 24.3 Å². The molecule has 0 fully saturated rings. The van der Waals surface area contributed by atoms with Gasteiger partial charge in [-0.1, -0.05) is 55.3 Å². The highest BCUT2D eigenvalue weighted by Crippen LogP contribution is 2.22.